The fourth-order valence-electron chi connectivity index (χ4n) is 1.93. The molecule has 1 unspecified atom stereocenters. The van der Waals surface area contributed by atoms with E-state index in [-0.39, 0.29) is 12.6 Å². The van der Waals surface area contributed by atoms with Crippen LogP contribution in [-0.4, -0.2) is 37.5 Å². The maximum atomic E-state index is 9.33. The van der Waals surface area contributed by atoms with Crippen LogP contribution >= 0.6 is 15.9 Å². The Morgan fingerprint density at radius 3 is 3.06 bits per heavy atom. The highest BCUT2D eigenvalue weighted by atomic mass is 79.9. The summed E-state index contributed by atoms with van der Waals surface area (Å²) in [7, 11) is 0. The molecule has 1 saturated heterocycles. The summed E-state index contributed by atoms with van der Waals surface area (Å²) in [5, 5.41) is 18.1. The van der Waals surface area contributed by atoms with Crippen molar-refractivity contribution in [1.29, 1.82) is 5.26 Å². The average molecular weight is 297 g/mol. The molecule has 0 aromatic heterocycles. The van der Waals surface area contributed by atoms with Crippen LogP contribution in [0.1, 0.15) is 5.56 Å². The Balaban J connectivity index is 2.29. The van der Waals surface area contributed by atoms with Crippen molar-refractivity contribution in [1.82, 2.24) is 0 Å². The van der Waals surface area contributed by atoms with E-state index in [1.54, 1.807) is 12.1 Å². The maximum Gasteiger partial charge on any atom is 0.0992 e. The lowest BCUT2D eigenvalue weighted by molar-refractivity contribution is 0.0726. The second-order valence-electron chi connectivity index (χ2n) is 3.88. The van der Waals surface area contributed by atoms with Crippen molar-refractivity contribution in [2.75, 3.05) is 31.3 Å². The molecular formula is C12H13BrN2O2. The van der Waals surface area contributed by atoms with E-state index in [1.165, 1.54) is 0 Å². The first-order valence-corrected chi connectivity index (χ1v) is 6.20. The van der Waals surface area contributed by atoms with Gasteiger partial charge in [-0.1, -0.05) is 0 Å². The molecule has 5 heteroatoms. The van der Waals surface area contributed by atoms with Crippen LogP contribution < -0.4 is 4.90 Å². The maximum absolute atomic E-state index is 9.33. The molecule has 0 radical (unpaired) electrons. The van der Waals surface area contributed by atoms with E-state index >= 15 is 0 Å². The third-order valence-corrected chi connectivity index (χ3v) is 3.46. The van der Waals surface area contributed by atoms with Gasteiger partial charge in [0.15, 0.2) is 0 Å². The van der Waals surface area contributed by atoms with E-state index in [1.807, 2.05) is 6.07 Å². The Kier molecular flexibility index (Phi) is 4.00. The van der Waals surface area contributed by atoms with Crippen molar-refractivity contribution < 1.29 is 9.84 Å². The summed E-state index contributed by atoms with van der Waals surface area (Å²) < 4.78 is 6.21. The first-order chi connectivity index (χ1) is 8.26. The molecule has 1 N–H and O–H groups in total. The predicted octanol–water partition coefficient (Wildman–Crippen LogP) is 1.52. The van der Waals surface area contributed by atoms with Gasteiger partial charge in [-0.25, -0.2) is 0 Å². The second kappa shape index (κ2) is 5.50. The number of nitriles is 1. The van der Waals surface area contributed by atoms with Gasteiger partial charge in [-0.05, 0) is 34.1 Å². The van der Waals surface area contributed by atoms with Gasteiger partial charge in [-0.3, -0.25) is 0 Å². The number of hydrogen-bond acceptors (Lipinski definition) is 4. The average Bonchev–Trinajstić information content (AvgIpc) is 2.38. The number of ether oxygens (including phenoxy) is 1. The van der Waals surface area contributed by atoms with Gasteiger partial charge in [0, 0.05) is 11.0 Å². The number of benzene rings is 1. The molecule has 0 amide bonds. The van der Waals surface area contributed by atoms with Gasteiger partial charge in [0.2, 0.25) is 0 Å². The number of hydrogen-bond donors (Lipinski definition) is 1. The summed E-state index contributed by atoms with van der Waals surface area (Å²) in [6.07, 6.45) is 0. The van der Waals surface area contributed by atoms with Crippen LogP contribution in [0.25, 0.3) is 0 Å². The molecule has 0 aliphatic carbocycles. The number of morpholine rings is 1. The van der Waals surface area contributed by atoms with Gasteiger partial charge in [0.1, 0.15) is 0 Å². The highest BCUT2D eigenvalue weighted by Gasteiger charge is 2.23. The van der Waals surface area contributed by atoms with E-state index in [0.717, 1.165) is 16.7 Å². The molecule has 1 aromatic carbocycles. The topological polar surface area (TPSA) is 56.5 Å². The van der Waals surface area contributed by atoms with Gasteiger partial charge in [-0.15, -0.1) is 0 Å². The first-order valence-electron chi connectivity index (χ1n) is 5.41. The Hall–Kier alpha value is -1.09. The molecule has 1 aromatic rings. The summed E-state index contributed by atoms with van der Waals surface area (Å²) in [4.78, 5) is 2.11. The SMILES string of the molecule is N#Cc1ccc(N2CCOCC2CO)c(Br)c1. The van der Waals surface area contributed by atoms with Crippen LogP contribution in [0.5, 0.6) is 0 Å². The normalized spacial score (nSPS) is 20.1. The number of halogens is 1. The highest BCUT2D eigenvalue weighted by Crippen LogP contribution is 2.29. The second-order valence-corrected chi connectivity index (χ2v) is 4.74. The fourth-order valence-corrected chi connectivity index (χ4v) is 2.54. The molecule has 1 heterocycles. The number of aliphatic hydroxyl groups excluding tert-OH is 1. The lowest BCUT2D eigenvalue weighted by Gasteiger charge is -2.36. The van der Waals surface area contributed by atoms with Gasteiger partial charge >= 0.3 is 0 Å². The van der Waals surface area contributed by atoms with E-state index < -0.39 is 0 Å². The van der Waals surface area contributed by atoms with Crippen LogP contribution in [0.4, 0.5) is 5.69 Å². The minimum absolute atomic E-state index is 0.0204. The first kappa shape index (κ1) is 12.4. The Morgan fingerprint density at radius 2 is 2.41 bits per heavy atom. The van der Waals surface area contributed by atoms with E-state index in [9.17, 15) is 5.11 Å². The van der Waals surface area contributed by atoms with Crippen LogP contribution in [-0.2, 0) is 4.74 Å². The van der Waals surface area contributed by atoms with Crippen molar-refractivity contribution in [2.45, 2.75) is 6.04 Å². The minimum atomic E-state index is -0.0204. The fraction of sp³-hybridized carbons (Fsp3) is 0.417. The summed E-state index contributed by atoms with van der Waals surface area (Å²) in [6, 6.07) is 7.55. The molecule has 1 aliphatic rings. The van der Waals surface area contributed by atoms with Gasteiger partial charge < -0.3 is 14.7 Å². The number of anilines is 1. The third kappa shape index (κ3) is 2.60. The van der Waals surface area contributed by atoms with Crippen LogP contribution in [0.3, 0.4) is 0 Å². The van der Waals surface area contributed by atoms with Crippen molar-refractivity contribution in [3.05, 3.63) is 28.2 Å². The predicted molar refractivity (Wildman–Crippen MR) is 67.9 cm³/mol. The zero-order valence-corrected chi connectivity index (χ0v) is 10.9. The zero-order chi connectivity index (χ0) is 12.3. The Morgan fingerprint density at radius 1 is 1.59 bits per heavy atom. The van der Waals surface area contributed by atoms with Crippen LogP contribution in [0.2, 0.25) is 0 Å². The Bertz CT molecular complexity index is 445. The smallest absolute Gasteiger partial charge is 0.0992 e. The number of nitrogens with zero attached hydrogens (tertiary/aromatic N) is 2. The standard InChI is InChI=1S/C12H13BrN2O2/c13-11-5-9(6-14)1-2-12(11)15-3-4-17-8-10(15)7-16/h1-2,5,10,16H,3-4,7-8H2. The molecule has 0 spiro atoms. The molecule has 1 aliphatic heterocycles. The number of rotatable bonds is 2. The quantitative estimate of drug-likeness (QED) is 0.899. The molecule has 0 saturated carbocycles. The summed E-state index contributed by atoms with van der Waals surface area (Å²) in [5.41, 5.74) is 1.61. The van der Waals surface area contributed by atoms with Crippen molar-refractivity contribution in [3.63, 3.8) is 0 Å². The molecular weight excluding hydrogens is 284 g/mol. The minimum Gasteiger partial charge on any atom is -0.394 e. The third-order valence-electron chi connectivity index (χ3n) is 2.82. The van der Waals surface area contributed by atoms with Gasteiger partial charge in [0.25, 0.3) is 0 Å². The lowest BCUT2D eigenvalue weighted by atomic mass is 10.1. The van der Waals surface area contributed by atoms with Crippen LogP contribution in [0.15, 0.2) is 22.7 Å². The number of aliphatic hydroxyl groups is 1. The summed E-state index contributed by atoms with van der Waals surface area (Å²) in [6.45, 7) is 1.99. The van der Waals surface area contributed by atoms with E-state index in [4.69, 9.17) is 10.00 Å². The van der Waals surface area contributed by atoms with Crippen molar-refractivity contribution >= 4 is 21.6 Å². The van der Waals surface area contributed by atoms with Gasteiger partial charge in [0.05, 0.1) is 43.2 Å². The largest absolute Gasteiger partial charge is 0.394 e. The highest BCUT2D eigenvalue weighted by molar-refractivity contribution is 9.10. The van der Waals surface area contributed by atoms with E-state index in [0.29, 0.717) is 18.8 Å². The van der Waals surface area contributed by atoms with Gasteiger partial charge in [-0.2, -0.15) is 5.26 Å². The molecule has 0 bridgehead atoms. The summed E-state index contributed by atoms with van der Waals surface area (Å²) >= 11 is 3.46. The molecule has 1 fully saturated rings. The summed E-state index contributed by atoms with van der Waals surface area (Å²) in [5.74, 6) is 0. The zero-order valence-electron chi connectivity index (χ0n) is 9.27. The van der Waals surface area contributed by atoms with Crippen LogP contribution in [0, 0.1) is 11.3 Å². The van der Waals surface area contributed by atoms with Crippen molar-refractivity contribution in [3.8, 4) is 6.07 Å². The molecule has 4 nitrogen and oxygen atoms in total. The molecule has 90 valence electrons. The molecule has 2 rings (SSSR count). The monoisotopic (exact) mass is 296 g/mol. The lowest BCUT2D eigenvalue weighted by Crippen LogP contribution is -2.47. The molecule has 1 atom stereocenters. The Labute approximate surface area is 109 Å². The van der Waals surface area contributed by atoms with Crippen molar-refractivity contribution in [2.24, 2.45) is 0 Å². The molecule has 17 heavy (non-hydrogen) atoms. The van der Waals surface area contributed by atoms with E-state index in [2.05, 4.69) is 26.9 Å².